The molecule has 0 unspecified atom stereocenters. The van der Waals surface area contributed by atoms with Crippen molar-refractivity contribution >= 4 is 38.7 Å². The molecule has 5 rings (SSSR count). The summed E-state index contributed by atoms with van der Waals surface area (Å²) in [5.41, 5.74) is 2.52. The van der Waals surface area contributed by atoms with Gasteiger partial charge in [-0.3, -0.25) is 4.79 Å². The largest absolute Gasteiger partial charge is 0.354 e. The van der Waals surface area contributed by atoms with Gasteiger partial charge >= 0.3 is 0 Å². The molecule has 0 saturated carbocycles. The van der Waals surface area contributed by atoms with Crippen LogP contribution in [-0.4, -0.2) is 56.7 Å². The van der Waals surface area contributed by atoms with Gasteiger partial charge in [-0.05, 0) is 48.7 Å². The van der Waals surface area contributed by atoms with E-state index in [2.05, 4.69) is 39.8 Å². The average Bonchev–Trinajstić information content (AvgIpc) is 3.12. The summed E-state index contributed by atoms with van der Waals surface area (Å²) in [6, 6.07) is 17.7. The van der Waals surface area contributed by atoms with Crippen LogP contribution in [0.25, 0.3) is 16.7 Å². The topological polar surface area (TPSA) is 67.2 Å². The third-order valence-electron chi connectivity index (χ3n) is 6.22. The molecule has 3 heterocycles. The first-order valence-corrected chi connectivity index (χ1v) is 12.9. The first-order valence-electron chi connectivity index (χ1n) is 12.1. The van der Waals surface area contributed by atoms with E-state index >= 15 is 0 Å². The van der Waals surface area contributed by atoms with Gasteiger partial charge in [0.25, 0.3) is 5.91 Å². The summed E-state index contributed by atoms with van der Waals surface area (Å²) in [6.07, 6.45) is 3.54. The molecule has 180 valence electrons. The van der Waals surface area contributed by atoms with Crippen LogP contribution in [0.15, 0.2) is 65.3 Å². The predicted molar refractivity (Wildman–Crippen MR) is 142 cm³/mol. The van der Waals surface area contributed by atoms with Crippen LogP contribution in [0.2, 0.25) is 0 Å². The van der Waals surface area contributed by atoms with Gasteiger partial charge in [0.15, 0.2) is 5.65 Å². The van der Waals surface area contributed by atoms with Gasteiger partial charge in [0.1, 0.15) is 11.6 Å². The van der Waals surface area contributed by atoms with Crippen molar-refractivity contribution in [1.82, 2.24) is 24.6 Å². The monoisotopic (exact) mass is 532 g/mol. The molecule has 1 amide bonds. The van der Waals surface area contributed by atoms with Crippen LogP contribution in [0, 0.1) is 5.92 Å². The average molecular weight is 533 g/mol. The second-order valence-electron chi connectivity index (χ2n) is 9.33. The van der Waals surface area contributed by atoms with Crippen molar-refractivity contribution in [3.05, 3.63) is 76.7 Å². The minimum absolute atomic E-state index is 0.0737. The molecule has 1 aliphatic heterocycles. The number of aromatic nitrogens is 4. The highest BCUT2D eigenvalue weighted by Gasteiger charge is 2.24. The molecule has 0 atom stereocenters. The second-order valence-corrected chi connectivity index (χ2v) is 10.2. The number of hydrogen-bond acceptors (Lipinski definition) is 5. The molecular weight excluding hydrogens is 504 g/mol. The molecule has 7 nitrogen and oxygen atoms in total. The Labute approximate surface area is 213 Å². The molecule has 35 heavy (non-hydrogen) atoms. The lowest BCUT2D eigenvalue weighted by atomic mass is 10.1. The molecule has 1 aliphatic rings. The molecular formula is C27H29BrN6O. The molecule has 1 fully saturated rings. The van der Waals surface area contributed by atoms with Crippen LogP contribution in [-0.2, 0) is 6.42 Å². The summed E-state index contributed by atoms with van der Waals surface area (Å²) in [5, 5.41) is 5.61. The normalized spacial score (nSPS) is 14.5. The van der Waals surface area contributed by atoms with Crippen LogP contribution in [0.3, 0.4) is 0 Å². The Morgan fingerprint density at radius 1 is 0.971 bits per heavy atom. The van der Waals surface area contributed by atoms with Crippen molar-refractivity contribution in [3.8, 4) is 5.69 Å². The fourth-order valence-corrected chi connectivity index (χ4v) is 4.76. The zero-order valence-electron chi connectivity index (χ0n) is 20.1. The Bertz CT molecular complexity index is 1320. The lowest BCUT2D eigenvalue weighted by Crippen LogP contribution is -2.35. The molecule has 0 radical (unpaired) electrons. The van der Waals surface area contributed by atoms with E-state index in [1.807, 2.05) is 70.4 Å². The minimum Gasteiger partial charge on any atom is -0.354 e. The number of carbonyl (C=O) groups excluding carboxylic acids is 1. The SMILES string of the molecule is CC(C)Cc1nc(N2CCCN(C(=O)c3ccc(Br)cc3)CC2)c2cnn(-c3ccccc3)c2n1. The predicted octanol–water partition coefficient (Wildman–Crippen LogP) is 5.13. The number of halogens is 1. The van der Waals surface area contributed by atoms with E-state index in [4.69, 9.17) is 9.97 Å². The van der Waals surface area contributed by atoms with Gasteiger partial charge in [-0.1, -0.05) is 48.0 Å². The molecule has 1 saturated heterocycles. The van der Waals surface area contributed by atoms with E-state index in [1.165, 1.54) is 0 Å². The molecule has 8 heteroatoms. The van der Waals surface area contributed by atoms with Crippen molar-refractivity contribution < 1.29 is 4.79 Å². The van der Waals surface area contributed by atoms with Crippen LogP contribution in [0.1, 0.15) is 36.5 Å². The summed E-state index contributed by atoms with van der Waals surface area (Å²) in [4.78, 5) is 27.3. The van der Waals surface area contributed by atoms with Crippen LogP contribution in [0.4, 0.5) is 5.82 Å². The first-order chi connectivity index (χ1) is 17.0. The number of para-hydroxylation sites is 1. The highest BCUT2D eigenvalue weighted by molar-refractivity contribution is 9.10. The first kappa shape index (κ1) is 23.5. The van der Waals surface area contributed by atoms with Crippen LogP contribution in [0.5, 0.6) is 0 Å². The van der Waals surface area contributed by atoms with Gasteiger partial charge < -0.3 is 9.80 Å². The molecule has 4 aromatic rings. The van der Waals surface area contributed by atoms with Crippen molar-refractivity contribution in [3.63, 3.8) is 0 Å². The van der Waals surface area contributed by atoms with E-state index < -0.39 is 0 Å². The van der Waals surface area contributed by atoms with Crippen molar-refractivity contribution in [2.75, 3.05) is 31.1 Å². The Morgan fingerprint density at radius 3 is 2.49 bits per heavy atom. The van der Waals surface area contributed by atoms with E-state index in [-0.39, 0.29) is 5.91 Å². The number of amides is 1. The maximum atomic E-state index is 13.1. The quantitative estimate of drug-likeness (QED) is 0.356. The number of carbonyl (C=O) groups is 1. The fraction of sp³-hybridized carbons (Fsp3) is 0.333. The van der Waals surface area contributed by atoms with Crippen LogP contribution < -0.4 is 4.90 Å². The summed E-state index contributed by atoms with van der Waals surface area (Å²) in [5.74, 6) is 2.25. The van der Waals surface area contributed by atoms with E-state index in [9.17, 15) is 4.79 Å². The zero-order chi connectivity index (χ0) is 24.4. The summed E-state index contributed by atoms with van der Waals surface area (Å²) < 4.78 is 2.86. The maximum Gasteiger partial charge on any atom is 0.253 e. The fourth-order valence-electron chi connectivity index (χ4n) is 4.50. The number of benzene rings is 2. The number of anilines is 1. The molecule has 0 aliphatic carbocycles. The van der Waals surface area contributed by atoms with Gasteiger partial charge in [0.2, 0.25) is 0 Å². The minimum atomic E-state index is 0.0737. The summed E-state index contributed by atoms with van der Waals surface area (Å²) >= 11 is 3.44. The molecule has 2 aromatic carbocycles. The smallest absolute Gasteiger partial charge is 0.253 e. The van der Waals surface area contributed by atoms with Gasteiger partial charge in [-0.25, -0.2) is 14.6 Å². The zero-order valence-corrected chi connectivity index (χ0v) is 21.6. The highest BCUT2D eigenvalue weighted by atomic mass is 79.9. The molecule has 2 aromatic heterocycles. The number of nitrogens with zero attached hydrogens (tertiary/aromatic N) is 6. The highest BCUT2D eigenvalue weighted by Crippen LogP contribution is 2.27. The summed E-state index contributed by atoms with van der Waals surface area (Å²) in [6.45, 7) is 7.27. The van der Waals surface area contributed by atoms with E-state index in [0.717, 1.165) is 64.3 Å². The molecule has 0 spiro atoms. The maximum absolute atomic E-state index is 13.1. The van der Waals surface area contributed by atoms with E-state index in [0.29, 0.717) is 19.0 Å². The van der Waals surface area contributed by atoms with Crippen LogP contribution >= 0.6 is 15.9 Å². The number of fused-ring (bicyclic) bond motifs is 1. The number of hydrogen-bond donors (Lipinski definition) is 0. The number of rotatable bonds is 5. The Balaban J connectivity index is 1.46. The Kier molecular flexibility index (Phi) is 6.81. The lowest BCUT2D eigenvalue weighted by Gasteiger charge is -2.24. The standard InChI is InChI=1S/C27H29BrN6O/c1-19(2)17-24-30-25(23-18-29-34(26(23)31-24)22-7-4-3-5-8-22)32-13-6-14-33(16-15-32)27(35)20-9-11-21(28)12-10-20/h3-5,7-12,18-19H,6,13-17H2,1-2H3. The second kappa shape index (κ2) is 10.2. The van der Waals surface area contributed by atoms with Gasteiger partial charge in [0.05, 0.1) is 17.3 Å². The Hall–Kier alpha value is -3.26. The van der Waals surface area contributed by atoms with Gasteiger partial charge in [-0.15, -0.1) is 0 Å². The Morgan fingerprint density at radius 2 is 1.74 bits per heavy atom. The van der Waals surface area contributed by atoms with Gasteiger partial charge in [0, 0.05) is 42.6 Å². The molecule has 0 bridgehead atoms. The van der Waals surface area contributed by atoms with E-state index in [1.54, 1.807) is 0 Å². The molecule has 0 N–H and O–H groups in total. The third-order valence-corrected chi connectivity index (χ3v) is 6.75. The van der Waals surface area contributed by atoms with Crippen molar-refractivity contribution in [2.45, 2.75) is 26.7 Å². The van der Waals surface area contributed by atoms with Crippen molar-refractivity contribution in [2.24, 2.45) is 5.92 Å². The van der Waals surface area contributed by atoms with Crippen molar-refractivity contribution in [1.29, 1.82) is 0 Å². The van der Waals surface area contributed by atoms with Gasteiger partial charge in [-0.2, -0.15) is 5.10 Å². The third kappa shape index (κ3) is 5.07. The summed E-state index contributed by atoms with van der Waals surface area (Å²) in [7, 11) is 0. The lowest BCUT2D eigenvalue weighted by molar-refractivity contribution is 0.0767.